The lowest BCUT2D eigenvalue weighted by Gasteiger charge is -1.96. The molecular formula is C7H8NO2S2-. The van der Waals surface area contributed by atoms with E-state index in [2.05, 4.69) is 4.98 Å². The Balaban J connectivity index is 2.58. The number of carbonyl (C=O) groups excluding carboxylic acids is 1. The van der Waals surface area contributed by atoms with Crippen molar-refractivity contribution >= 4 is 29.1 Å². The summed E-state index contributed by atoms with van der Waals surface area (Å²) in [6.07, 6.45) is 0. The highest BCUT2D eigenvalue weighted by atomic mass is 32.2. The predicted octanol–water partition coefficient (Wildman–Crippen LogP) is 0.602. The third-order valence-corrected chi connectivity index (χ3v) is 3.51. The summed E-state index contributed by atoms with van der Waals surface area (Å²) in [7, 11) is 0. The molecule has 5 heteroatoms. The number of carboxylic acids is 1. The summed E-state index contributed by atoms with van der Waals surface area (Å²) in [5.74, 6) is -1.07. The predicted molar refractivity (Wildman–Crippen MR) is 47.3 cm³/mol. The van der Waals surface area contributed by atoms with E-state index in [0.717, 1.165) is 14.9 Å². The number of thiazole rings is 1. The highest BCUT2D eigenvalue weighted by Gasteiger charge is 2.03. The second kappa shape index (κ2) is 3.91. The van der Waals surface area contributed by atoms with Gasteiger partial charge in [-0.1, -0.05) is 11.8 Å². The molecule has 0 aliphatic heterocycles. The lowest BCUT2D eigenvalue weighted by Crippen LogP contribution is -2.24. The molecule has 66 valence electrons. The van der Waals surface area contributed by atoms with E-state index in [1.165, 1.54) is 23.1 Å². The van der Waals surface area contributed by atoms with E-state index in [0.29, 0.717) is 0 Å². The van der Waals surface area contributed by atoms with Gasteiger partial charge in [0.15, 0.2) is 4.34 Å². The Morgan fingerprint density at radius 3 is 2.75 bits per heavy atom. The van der Waals surface area contributed by atoms with Gasteiger partial charge in [-0.15, -0.1) is 11.3 Å². The molecule has 1 heterocycles. The van der Waals surface area contributed by atoms with E-state index < -0.39 is 5.97 Å². The zero-order chi connectivity index (χ0) is 9.14. The Morgan fingerprint density at radius 1 is 1.67 bits per heavy atom. The molecular weight excluding hydrogens is 194 g/mol. The fourth-order valence-electron chi connectivity index (χ4n) is 0.626. The molecule has 0 N–H and O–H groups in total. The maximum atomic E-state index is 10.1. The number of aryl methyl sites for hydroxylation is 2. The van der Waals surface area contributed by atoms with Gasteiger partial charge in [0.1, 0.15) is 0 Å². The number of hydrogen-bond donors (Lipinski definition) is 0. The van der Waals surface area contributed by atoms with Gasteiger partial charge >= 0.3 is 0 Å². The van der Waals surface area contributed by atoms with Crippen LogP contribution in [-0.4, -0.2) is 16.7 Å². The summed E-state index contributed by atoms with van der Waals surface area (Å²) in [6.45, 7) is 3.88. The zero-order valence-electron chi connectivity index (χ0n) is 6.79. The number of carboxylic acid groups (broad SMARTS) is 1. The van der Waals surface area contributed by atoms with Crippen LogP contribution < -0.4 is 5.11 Å². The average molecular weight is 202 g/mol. The number of nitrogens with zero attached hydrogens (tertiary/aromatic N) is 1. The molecule has 12 heavy (non-hydrogen) atoms. The van der Waals surface area contributed by atoms with Crippen LogP contribution in [0.3, 0.4) is 0 Å². The lowest BCUT2D eigenvalue weighted by atomic mass is 10.4. The summed E-state index contributed by atoms with van der Waals surface area (Å²) in [5.41, 5.74) is 0.973. The molecule has 0 aliphatic carbocycles. The van der Waals surface area contributed by atoms with Gasteiger partial charge in [-0.2, -0.15) is 0 Å². The van der Waals surface area contributed by atoms with Gasteiger partial charge in [0, 0.05) is 10.6 Å². The first kappa shape index (κ1) is 9.54. The van der Waals surface area contributed by atoms with Crippen LogP contribution in [0.1, 0.15) is 10.6 Å². The molecule has 0 aromatic carbocycles. The lowest BCUT2D eigenvalue weighted by molar-refractivity contribution is -0.301. The van der Waals surface area contributed by atoms with Crippen molar-refractivity contribution in [2.24, 2.45) is 0 Å². The van der Waals surface area contributed by atoms with Crippen LogP contribution in [0.5, 0.6) is 0 Å². The van der Waals surface area contributed by atoms with E-state index in [4.69, 9.17) is 0 Å². The highest BCUT2D eigenvalue weighted by Crippen LogP contribution is 2.25. The Hall–Kier alpha value is -0.550. The summed E-state index contributed by atoms with van der Waals surface area (Å²) < 4.78 is 0.800. The second-order valence-electron chi connectivity index (χ2n) is 2.28. The third kappa shape index (κ3) is 2.49. The van der Waals surface area contributed by atoms with Crippen LogP contribution in [-0.2, 0) is 4.79 Å². The van der Waals surface area contributed by atoms with Crippen molar-refractivity contribution in [2.75, 3.05) is 5.75 Å². The van der Waals surface area contributed by atoms with Crippen LogP contribution >= 0.6 is 23.1 Å². The number of aromatic nitrogens is 1. The SMILES string of the molecule is Cc1nc(SCC(=O)[O-])sc1C. The normalized spacial score (nSPS) is 10.2. The van der Waals surface area contributed by atoms with Crippen molar-refractivity contribution in [3.8, 4) is 0 Å². The first-order valence-corrected chi connectivity index (χ1v) is 5.16. The van der Waals surface area contributed by atoms with Crippen LogP contribution in [0.15, 0.2) is 4.34 Å². The molecule has 1 aromatic rings. The van der Waals surface area contributed by atoms with Gasteiger partial charge in [0.05, 0.1) is 11.7 Å². The summed E-state index contributed by atoms with van der Waals surface area (Å²) >= 11 is 2.73. The topological polar surface area (TPSA) is 53.0 Å². The second-order valence-corrected chi connectivity index (χ2v) is 4.71. The molecule has 0 radical (unpaired) electrons. The molecule has 0 saturated heterocycles. The fourth-order valence-corrected chi connectivity index (χ4v) is 2.49. The van der Waals surface area contributed by atoms with Crippen molar-refractivity contribution in [1.29, 1.82) is 0 Å². The molecule has 0 saturated carbocycles. The van der Waals surface area contributed by atoms with Crippen molar-refractivity contribution in [2.45, 2.75) is 18.2 Å². The average Bonchev–Trinajstić information content (AvgIpc) is 2.28. The van der Waals surface area contributed by atoms with Gasteiger partial charge in [0.25, 0.3) is 0 Å². The first-order chi connectivity index (χ1) is 5.59. The van der Waals surface area contributed by atoms with Gasteiger partial charge in [-0.3, -0.25) is 0 Å². The van der Waals surface area contributed by atoms with Crippen molar-refractivity contribution in [3.05, 3.63) is 10.6 Å². The summed E-state index contributed by atoms with van der Waals surface area (Å²) in [4.78, 5) is 15.4. The minimum Gasteiger partial charge on any atom is -0.549 e. The van der Waals surface area contributed by atoms with Crippen LogP contribution in [0.4, 0.5) is 0 Å². The monoisotopic (exact) mass is 202 g/mol. The van der Waals surface area contributed by atoms with Crippen molar-refractivity contribution in [1.82, 2.24) is 4.98 Å². The molecule has 3 nitrogen and oxygen atoms in total. The quantitative estimate of drug-likeness (QED) is 0.674. The van der Waals surface area contributed by atoms with Gasteiger partial charge in [-0.25, -0.2) is 4.98 Å². The smallest absolute Gasteiger partial charge is 0.150 e. The molecule has 0 unspecified atom stereocenters. The first-order valence-electron chi connectivity index (χ1n) is 3.36. The van der Waals surface area contributed by atoms with Gasteiger partial charge in [-0.05, 0) is 13.8 Å². The number of hydrogen-bond acceptors (Lipinski definition) is 5. The minimum absolute atomic E-state index is 0.0214. The Kier molecular flexibility index (Phi) is 3.11. The number of aliphatic carboxylic acids is 1. The van der Waals surface area contributed by atoms with E-state index in [1.807, 2.05) is 13.8 Å². The summed E-state index contributed by atoms with van der Waals surface area (Å²) in [5, 5.41) is 10.1. The Morgan fingerprint density at radius 2 is 2.33 bits per heavy atom. The minimum atomic E-state index is -1.05. The molecule has 0 spiro atoms. The maximum absolute atomic E-state index is 10.1. The van der Waals surface area contributed by atoms with Crippen LogP contribution in [0.25, 0.3) is 0 Å². The maximum Gasteiger partial charge on any atom is 0.150 e. The fraction of sp³-hybridized carbons (Fsp3) is 0.429. The molecule has 0 bridgehead atoms. The van der Waals surface area contributed by atoms with Gasteiger partial charge < -0.3 is 9.90 Å². The molecule has 1 rings (SSSR count). The molecule has 0 atom stereocenters. The van der Waals surface area contributed by atoms with Crippen LogP contribution in [0.2, 0.25) is 0 Å². The molecule has 1 aromatic heterocycles. The molecule has 0 fully saturated rings. The van der Waals surface area contributed by atoms with Gasteiger partial charge in [0.2, 0.25) is 0 Å². The number of rotatable bonds is 3. The molecule has 0 aliphatic rings. The van der Waals surface area contributed by atoms with Crippen molar-refractivity contribution < 1.29 is 9.90 Å². The number of carbonyl (C=O) groups is 1. The Labute approximate surface area is 78.8 Å². The van der Waals surface area contributed by atoms with Crippen molar-refractivity contribution in [3.63, 3.8) is 0 Å². The standard InChI is InChI=1S/C7H9NO2S2/c1-4-5(2)12-7(8-4)11-3-6(9)10/h3H2,1-2H3,(H,9,10)/p-1. The van der Waals surface area contributed by atoms with E-state index in [9.17, 15) is 9.90 Å². The number of thioether (sulfide) groups is 1. The summed E-state index contributed by atoms with van der Waals surface area (Å²) in [6, 6.07) is 0. The third-order valence-electron chi connectivity index (χ3n) is 1.32. The van der Waals surface area contributed by atoms with Crippen LogP contribution in [0, 0.1) is 13.8 Å². The highest BCUT2D eigenvalue weighted by molar-refractivity contribution is 8.01. The largest absolute Gasteiger partial charge is 0.549 e. The van der Waals surface area contributed by atoms with E-state index in [-0.39, 0.29) is 5.75 Å². The Bertz CT molecular complexity index is 276. The molecule has 0 amide bonds. The van der Waals surface area contributed by atoms with E-state index >= 15 is 0 Å². The van der Waals surface area contributed by atoms with E-state index in [1.54, 1.807) is 0 Å². The zero-order valence-corrected chi connectivity index (χ0v) is 8.42.